The van der Waals surface area contributed by atoms with E-state index in [1.54, 1.807) is 30.3 Å². The van der Waals surface area contributed by atoms with E-state index in [0.717, 1.165) is 5.56 Å². The Hall–Kier alpha value is -1.07. The van der Waals surface area contributed by atoms with Crippen LogP contribution in [-0.4, -0.2) is 8.76 Å². The summed E-state index contributed by atoms with van der Waals surface area (Å²) in [5.41, 5.74) is 1.86. The molecule has 6 heteroatoms. The highest BCUT2D eigenvalue weighted by Gasteiger charge is 2.20. The maximum Gasteiger partial charge on any atom is 0.266 e. The van der Waals surface area contributed by atoms with Crippen LogP contribution in [0.2, 0.25) is 10.0 Å². The normalized spacial score (nSPS) is 12.2. The zero-order valence-corrected chi connectivity index (χ0v) is 12.3. The molecule has 2 aromatic rings. The highest BCUT2D eigenvalue weighted by atomic mass is 35.5. The standard InChI is InChI=1S/C13H11Cl2NO2S/c1-9-5-2-3-7-11(9)16(19(17)18)12-8-4-6-10(14)13(12)15/h2-8H,1H3,(H,17,18). The van der Waals surface area contributed by atoms with E-state index in [2.05, 4.69) is 0 Å². The minimum absolute atomic E-state index is 0.245. The molecule has 0 bridgehead atoms. The number of hydrogen-bond acceptors (Lipinski definition) is 1. The molecule has 1 atom stereocenters. The van der Waals surface area contributed by atoms with Gasteiger partial charge in [0, 0.05) is 0 Å². The Bertz CT molecular complexity index is 634. The minimum Gasteiger partial charge on any atom is -0.289 e. The number of nitrogens with zero attached hydrogens (tertiary/aromatic N) is 1. The summed E-state index contributed by atoms with van der Waals surface area (Å²) >= 11 is 9.82. The van der Waals surface area contributed by atoms with Crippen LogP contribution in [0.15, 0.2) is 42.5 Å². The van der Waals surface area contributed by atoms with Crippen molar-refractivity contribution in [2.75, 3.05) is 4.31 Å². The molecule has 0 spiro atoms. The maximum atomic E-state index is 11.7. The Kier molecular flexibility index (Phi) is 4.47. The molecule has 0 amide bonds. The van der Waals surface area contributed by atoms with E-state index in [-0.39, 0.29) is 5.02 Å². The van der Waals surface area contributed by atoms with Crippen molar-refractivity contribution in [1.82, 2.24) is 0 Å². The first-order valence-electron chi connectivity index (χ1n) is 5.43. The first-order chi connectivity index (χ1) is 9.02. The van der Waals surface area contributed by atoms with Gasteiger partial charge in [-0.1, -0.05) is 47.5 Å². The number of anilines is 2. The van der Waals surface area contributed by atoms with Gasteiger partial charge in [-0.2, -0.15) is 0 Å². The predicted octanol–water partition coefficient (Wildman–Crippen LogP) is 4.58. The fraction of sp³-hybridized carbons (Fsp3) is 0.0769. The van der Waals surface area contributed by atoms with E-state index < -0.39 is 11.3 Å². The highest BCUT2D eigenvalue weighted by molar-refractivity contribution is 7.81. The number of hydrogen-bond donors (Lipinski definition) is 1. The van der Waals surface area contributed by atoms with Gasteiger partial charge in [-0.05, 0) is 30.7 Å². The van der Waals surface area contributed by atoms with Crippen LogP contribution < -0.4 is 4.31 Å². The quantitative estimate of drug-likeness (QED) is 0.842. The lowest BCUT2D eigenvalue weighted by molar-refractivity contribution is 0.564. The molecule has 0 saturated carbocycles. The van der Waals surface area contributed by atoms with Crippen molar-refractivity contribution in [3.63, 3.8) is 0 Å². The summed E-state index contributed by atoms with van der Waals surface area (Å²) in [4.78, 5) is 0. The molecular formula is C13H11Cl2NO2S. The second kappa shape index (κ2) is 5.92. The fourth-order valence-electron chi connectivity index (χ4n) is 1.74. The molecule has 0 fully saturated rings. The lowest BCUT2D eigenvalue weighted by Gasteiger charge is -2.23. The molecule has 1 unspecified atom stereocenters. The smallest absolute Gasteiger partial charge is 0.266 e. The van der Waals surface area contributed by atoms with Gasteiger partial charge in [-0.15, -0.1) is 0 Å². The summed E-state index contributed by atoms with van der Waals surface area (Å²) in [6.07, 6.45) is 0. The Morgan fingerprint density at radius 3 is 2.32 bits per heavy atom. The van der Waals surface area contributed by atoms with Gasteiger partial charge in [0.05, 0.1) is 21.4 Å². The third kappa shape index (κ3) is 2.92. The van der Waals surface area contributed by atoms with E-state index >= 15 is 0 Å². The van der Waals surface area contributed by atoms with Gasteiger partial charge in [-0.3, -0.25) is 4.55 Å². The zero-order chi connectivity index (χ0) is 14.0. The lowest BCUT2D eigenvalue weighted by Crippen LogP contribution is -2.20. The van der Waals surface area contributed by atoms with E-state index in [4.69, 9.17) is 23.2 Å². The number of halogens is 2. The third-order valence-corrected chi connectivity index (χ3v) is 4.16. The van der Waals surface area contributed by atoms with E-state index in [1.807, 2.05) is 19.1 Å². The maximum absolute atomic E-state index is 11.7. The van der Waals surface area contributed by atoms with Crippen LogP contribution in [0.1, 0.15) is 5.56 Å². The molecule has 0 aliphatic rings. The molecule has 2 rings (SSSR count). The third-order valence-electron chi connectivity index (χ3n) is 2.64. The van der Waals surface area contributed by atoms with Crippen molar-refractivity contribution in [2.24, 2.45) is 0 Å². The van der Waals surface area contributed by atoms with Crippen molar-refractivity contribution in [1.29, 1.82) is 0 Å². The van der Waals surface area contributed by atoms with Crippen LogP contribution in [0.5, 0.6) is 0 Å². The summed E-state index contributed by atoms with van der Waals surface area (Å²) in [5, 5.41) is 0.582. The van der Waals surface area contributed by atoms with Crippen LogP contribution in [0.3, 0.4) is 0 Å². The molecule has 0 saturated heterocycles. The SMILES string of the molecule is Cc1ccccc1N(c1cccc(Cl)c1Cl)S(=O)O. The van der Waals surface area contributed by atoms with Crippen molar-refractivity contribution >= 4 is 45.8 Å². The van der Waals surface area contributed by atoms with Gasteiger partial charge in [0.25, 0.3) is 11.3 Å². The summed E-state index contributed by atoms with van der Waals surface area (Å²) in [6, 6.07) is 12.2. The van der Waals surface area contributed by atoms with Crippen molar-refractivity contribution in [3.05, 3.63) is 58.1 Å². The van der Waals surface area contributed by atoms with Gasteiger partial charge in [0.15, 0.2) is 0 Å². The molecule has 0 radical (unpaired) electrons. The Balaban J connectivity index is 2.62. The van der Waals surface area contributed by atoms with Crippen LogP contribution in [0.25, 0.3) is 0 Å². The molecule has 0 heterocycles. The number of para-hydroxylation sites is 1. The van der Waals surface area contributed by atoms with Crippen LogP contribution >= 0.6 is 23.2 Å². The highest BCUT2D eigenvalue weighted by Crippen LogP contribution is 2.38. The Labute approximate surface area is 124 Å². The number of aryl methyl sites for hydroxylation is 1. The Morgan fingerprint density at radius 2 is 1.68 bits per heavy atom. The molecule has 0 aromatic heterocycles. The molecular weight excluding hydrogens is 305 g/mol. The average Bonchev–Trinajstić information content (AvgIpc) is 2.37. The summed E-state index contributed by atoms with van der Waals surface area (Å²) in [5.74, 6) is 0. The molecule has 0 aliphatic carbocycles. The minimum atomic E-state index is -2.24. The Morgan fingerprint density at radius 1 is 1.05 bits per heavy atom. The lowest BCUT2D eigenvalue weighted by atomic mass is 10.2. The molecule has 100 valence electrons. The first kappa shape index (κ1) is 14.3. The summed E-state index contributed by atoms with van der Waals surface area (Å²) in [7, 11) is 0. The van der Waals surface area contributed by atoms with E-state index in [0.29, 0.717) is 16.4 Å². The second-order valence-corrected chi connectivity index (χ2v) is 5.50. The van der Waals surface area contributed by atoms with Gasteiger partial charge in [0.1, 0.15) is 0 Å². The van der Waals surface area contributed by atoms with Crippen molar-refractivity contribution in [3.8, 4) is 0 Å². The van der Waals surface area contributed by atoms with Gasteiger partial charge < -0.3 is 0 Å². The summed E-state index contributed by atoms with van der Waals surface area (Å²) < 4.78 is 22.4. The number of benzene rings is 2. The van der Waals surface area contributed by atoms with E-state index in [1.165, 1.54) is 4.31 Å². The topological polar surface area (TPSA) is 40.5 Å². The molecule has 3 nitrogen and oxygen atoms in total. The van der Waals surface area contributed by atoms with Crippen LogP contribution in [0.4, 0.5) is 11.4 Å². The number of rotatable bonds is 3. The molecule has 2 aromatic carbocycles. The van der Waals surface area contributed by atoms with E-state index in [9.17, 15) is 8.76 Å². The van der Waals surface area contributed by atoms with Crippen LogP contribution in [-0.2, 0) is 11.3 Å². The largest absolute Gasteiger partial charge is 0.289 e. The van der Waals surface area contributed by atoms with Gasteiger partial charge in [0.2, 0.25) is 0 Å². The van der Waals surface area contributed by atoms with Gasteiger partial charge >= 0.3 is 0 Å². The molecule has 19 heavy (non-hydrogen) atoms. The monoisotopic (exact) mass is 315 g/mol. The predicted molar refractivity (Wildman–Crippen MR) is 80.6 cm³/mol. The average molecular weight is 316 g/mol. The van der Waals surface area contributed by atoms with Gasteiger partial charge in [-0.25, -0.2) is 8.51 Å². The molecule has 0 aliphatic heterocycles. The second-order valence-electron chi connectivity index (χ2n) is 3.88. The van der Waals surface area contributed by atoms with Crippen molar-refractivity contribution in [2.45, 2.75) is 6.92 Å². The van der Waals surface area contributed by atoms with Crippen molar-refractivity contribution < 1.29 is 8.76 Å². The summed E-state index contributed by atoms with van der Waals surface area (Å²) in [6.45, 7) is 1.85. The van der Waals surface area contributed by atoms with Crippen LogP contribution in [0, 0.1) is 6.92 Å². The first-order valence-corrected chi connectivity index (χ1v) is 7.25. The fourth-order valence-corrected chi connectivity index (χ4v) is 2.86. The zero-order valence-electron chi connectivity index (χ0n) is 10.0. The molecule has 1 N–H and O–H groups in total.